The van der Waals surface area contributed by atoms with Gasteiger partial charge in [0.1, 0.15) is 134 Å². The third-order valence-electron chi connectivity index (χ3n) is 15.1. The van der Waals surface area contributed by atoms with Crippen LogP contribution in [0.5, 0.6) is 5.75 Å². The average Bonchev–Trinajstić information content (AvgIpc) is 3.72. The summed E-state index contributed by atoms with van der Waals surface area (Å²) in [6.07, 6.45) is -42.5. The van der Waals surface area contributed by atoms with Crippen molar-refractivity contribution in [2.75, 3.05) is 53.8 Å². The zero-order valence-electron chi connectivity index (χ0n) is 42.9. The normalized spacial score (nSPS) is 44.9. The van der Waals surface area contributed by atoms with E-state index in [2.05, 4.69) is 10.6 Å². The van der Waals surface area contributed by atoms with Gasteiger partial charge in [0.05, 0.1) is 39.6 Å². The van der Waals surface area contributed by atoms with E-state index < -0.39 is 204 Å². The second-order valence-electron chi connectivity index (χ2n) is 20.4. The number of aliphatic hydroxyl groups excluding tert-OH is 14. The maximum atomic E-state index is 12.7. The van der Waals surface area contributed by atoms with Crippen LogP contribution in [0.1, 0.15) is 19.4 Å². The highest BCUT2D eigenvalue weighted by Gasteiger charge is 2.57. The zero-order chi connectivity index (χ0) is 57.1. The highest BCUT2D eigenvalue weighted by Crippen LogP contribution is 2.38. The van der Waals surface area contributed by atoms with Crippen LogP contribution in [0.25, 0.3) is 0 Å². The van der Waals surface area contributed by atoms with E-state index in [4.69, 9.17) is 62.6 Å². The molecule has 0 radical (unpaired) electrons. The molecule has 31 heteroatoms. The van der Waals surface area contributed by atoms with Gasteiger partial charge in [0.2, 0.25) is 18.1 Å². The maximum absolute atomic E-state index is 12.7. The molecule has 78 heavy (non-hydrogen) atoms. The molecule has 6 saturated heterocycles. The zero-order valence-corrected chi connectivity index (χ0v) is 42.9. The minimum Gasteiger partial charge on any atom is -0.462 e. The summed E-state index contributed by atoms with van der Waals surface area (Å²) in [7, 11) is 2.33. The molecule has 27 atom stereocenters. The average molecular weight is 1130 g/mol. The number of aliphatic hydroxyl groups is 14. The number of carbonyl (C=O) groups excluding carboxylic acids is 2. The van der Waals surface area contributed by atoms with Gasteiger partial charge in [-0.05, 0) is 24.1 Å². The van der Waals surface area contributed by atoms with E-state index >= 15 is 0 Å². The van der Waals surface area contributed by atoms with Gasteiger partial charge in [-0.15, -0.1) is 0 Å². The van der Waals surface area contributed by atoms with Crippen molar-refractivity contribution < 1.29 is 138 Å². The highest BCUT2D eigenvalue weighted by molar-refractivity contribution is 5.91. The fourth-order valence-corrected chi connectivity index (χ4v) is 10.5. The summed E-state index contributed by atoms with van der Waals surface area (Å²) >= 11 is 0. The largest absolute Gasteiger partial charge is 0.462 e. The first kappa shape index (κ1) is 62.5. The summed E-state index contributed by atoms with van der Waals surface area (Å²) in [4.78, 5) is 24.7. The van der Waals surface area contributed by atoms with Crippen LogP contribution in [0, 0.1) is 5.41 Å². The molecule has 7 rings (SSSR count). The van der Waals surface area contributed by atoms with Crippen LogP contribution in [0.3, 0.4) is 0 Å². The molecule has 0 bridgehead atoms. The van der Waals surface area contributed by atoms with Gasteiger partial charge in [-0.3, -0.25) is 9.59 Å². The van der Waals surface area contributed by atoms with Crippen molar-refractivity contribution >= 4 is 11.8 Å². The maximum Gasteiger partial charge on any atom is 0.243 e. The van der Waals surface area contributed by atoms with Crippen molar-refractivity contribution in [1.29, 1.82) is 0 Å². The third kappa shape index (κ3) is 12.9. The second-order valence-corrected chi connectivity index (χ2v) is 20.4. The monoisotopic (exact) mass is 1130 g/mol. The summed E-state index contributed by atoms with van der Waals surface area (Å²) in [5, 5.41) is 157. The van der Waals surface area contributed by atoms with E-state index in [1.54, 1.807) is 24.3 Å². The van der Waals surface area contributed by atoms with Gasteiger partial charge < -0.3 is 145 Å². The van der Waals surface area contributed by atoms with Gasteiger partial charge in [0.25, 0.3) is 0 Å². The third-order valence-corrected chi connectivity index (χ3v) is 15.1. The van der Waals surface area contributed by atoms with Crippen molar-refractivity contribution in [3.8, 4) is 5.75 Å². The molecule has 6 aliphatic heterocycles. The summed E-state index contributed by atoms with van der Waals surface area (Å²) in [5.41, 5.74) is 5.52. The fourth-order valence-electron chi connectivity index (χ4n) is 10.5. The lowest BCUT2D eigenvalue weighted by Crippen LogP contribution is -2.68. The van der Waals surface area contributed by atoms with Crippen LogP contribution in [0.2, 0.25) is 0 Å². The first-order valence-electron chi connectivity index (χ1n) is 25.3. The van der Waals surface area contributed by atoms with E-state index in [1.807, 2.05) is 13.8 Å². The first-order chi connectivity index (χ1) is 37.1. The van der Waals surface area contributed by atoms with E-state index in [9.17, 15) is 81.1 Å². The molecule has 6 aliphatic rings. The van der Waals surface area contributed by atoms with Gasteiger partial charge >= 0.3 is 0 Å². The fraction of sp³-hybridized carbons (Fsp3) is 0.830. The Morgan fingerprint density at radius 2 is 0.897 bits per heavy atom. The van der Waals surface area contributed by atoms with Crippen LogP contribution < -0.4 is 21.1 Å². The number of ether oxygens (including phenoxy) is 12. The Balaban J connectivity index is 0.945. The Morgan fingerprint density at radius 1 is 0.538 bits per heavy atom. The summed E-state index contributed by atoms with van der Waals surface area (Å²) < 4.78 is 68.4. The number of nitrogens with two attached hydrogens (primary N) is 1. The van der Waals surface area contributed by atoms with Gasteiger partial charge in [0, 0.05) is 25.7 Å². The highest BCUT2D eigenvalue weighted by atomic mass is 16.8. The molecule has 0 saturated carbocycles. The molecule has 1 aromatic rings. The molecule has 1 aromatic carbocycles. The van der Waals surface area contributed by atoms with Gasteiger partial charge in [-0.2, -0.15) is 0 Å². The number of benzene rings is 1. The predicted molar refractivity (Wildman–Crippen MR) is 251 cm³/mol. The van der Waals surface area contributed by atoms with E-state index in [-0.39, 0.29) is 24.2 Å². The second kappa shape index (κ2) is 26.9. The van der Waals surface area contributed by atoms with Crippen LogP contribution in [-0.2, 0) is 68.1 Å². The molecule has 0 aromatic heterocycles. The molecule has 18 N–H and O–H groups in total. The number of amides is 2. The van der Waals surface area contributed by atoms with Crippen molar-refractivity contribution in [2.24, 2.45) is 11.1 Å². The van der Waals surface area contributed by atoms with Crippen LogP contribution in [-0.4, -0.2) is 303 Å². The minimum absolute atomic E-state index is 0.182. The SMILES string of the molecule is COC1C(CO)OC(OC2C(CO)OC(OC3C(CO)OC(OC4C(CO)OC(OC5C(CO)OC(Oc6ccc(CC7NC(=O)C(NC(=O)CN)C7(C)C)cc6)C(O)C5O)C(OC)C4O)C(O)C3O)C(O)C2O)C(O)C1O. The number of hydrogen-bond acceptors (Lipinski definition) is 29. The molecule has 2 amide bonds. The van der Waals surface area contributed by atoms with Crippen molar-refractivity contribution in [1.82, 2.24) is 10.6 Å². The Morgan fingerprint density at radius 3 is 1.31 bits per heavy atom. The summed E-state index contributed by atoms with van der Waals surface area (Å²) in [5.74, 6) is -0.633. The van der Waals surface area contributed by atoms with Crippen LogP contribution >= 0.6 is 0 Å². The number of carbonyl (C=O) groups is 2. The molecular formula is C47H75N3O28. The standard InChI is InChI=1S/C47H75N3O28/c1-47(2)23(49-41(66)40(47)50-24(56)10-48)9-16-5-7-17(8-6-16)69-42-30(62)26(58)37(21(14-54)71-42)78-46-39(68-4)33(65)38(22(15-55)74-46)77-45-32(64)28(60)36(20(13-53)73-45)76-44-31(63)27(59)35(19(12-52)72-44)75-43-29(61)25(57)34(67-3)18(11-51)70-43/h5-8,18-23,25-40,42-46,51-55,57-65H,9-15,48H2,1-4H3,(H,49,66)(H,50,56). The van der Waals surface area contributed by atoms with Crippen LogP contribution in [0.4, 0.5) is 0 Å². The van der Waals surface area contributed by atoms with Gasteiger partial charge in [-0.1, -0.05) is 26.0 Å². The van der Waals surface area contributed by atoms with Crippen molar-refractivity contribution in [3.05, 3.63) is 29.8 Å². The lowest BCUT2D eigenvalue weighted by Gasteiger charge is -2.50. The molecule has 6 heterocycles. The Labute approximate surface area is 446 Å². The number of nitrogens with one attached hydrogen (secondary N) is 2. The molecular weight excluding hydrogens is 1050 g/mol. The predicted octanol–water partition coefficient (Wildman–Crippen LogP) is -10.0. The Bertz CT molecular complexity index is 2060. The van der Waals surface area contributed by atoms with Gasteiger partial charge in [0.15, 0.2) is 25.2 Å². The first-order valence-corrected chi connectivity index (χ1v) is 25.3. The van der Waals surface area contributed by atoms with Crippen molar-refractivity contribution in [3.63, 3.8) is 0 Å². The van der Waals surface area contributed by atoms with E-state index in [0.29, 0.717) is 6.42 Å². The Kier molecular flexibility index (Phi) is 21.5. The summed E-state index contributed by atoms with van der Waals surface area (Å²) in [6.45, 7) is -0.875. The number of rotatable bonds is 21. The molecule has 0 aliphatic carbocycles. The number of hydrogen-bond donors (Lipinski definition) is 17. The van der Waals surface area contributed by atoms with Crippen LogP contribution in [0.15, 0.2) is 24.3 Å². The Hall–Kier alpha value is -3.08. The quantitative estimate of drug-likeness (QED) is 0.0543. The topological polar surface area (TPSA) is 478 Å². The molecule has 31 nitrogen and oxygen atoms in total. The van der Waals surface area contributed by atoms with E-state index in [0.717, 1.165) is 12.7 Å². The summed E-state index contributed by atoms with van der Waals surface area (Å²) in [6, 6.07) is 5.35. The minimum atomic E-state index is -2.10. The lowest BCUT2D eigenvalue weighted by atomic mass is 9.78. The van der Waals surface area contributed by atoms with Gasteiger partial charge in [-0.25, -0.2) is 0 Å². The molecule has 27 unspecified atom stereocenters. The smallest absolute Gasteiger partial charge is 0.243 e. The number of methoxy groups -OCH3 is 2. The molecule has 446 valence electrons. The van der Waals surface area contributed by atoms with Crippen molar-refractivity contribution in [2.45, 2.75) is 186 Å². The lowest BCUT2D eigenvalue weighted by molar-refractivity contribution is -0.393. The van der Waals surface area contributed by atoms with E-state index in [1.165, 1.54) is 7.11 Å². The molecule has 6 fully saturated rings. The molecule has 0 spiro atoms.